The Kier molecular flexibility index (Phi) is 2.72. The van der Waals surface area contributed by atoms with Crippen molar-refractivity contribution in [2.75, 3.05) is 0 Å². The first-order valence-electron chi connectivity index (χ1n) is 5.51. The van der Waals surface area contributed by atoms with Crippen molar-refractivity contribution in [1.82, 2.24) is 4.98 Å². The maximum atomic E-state index is 4.68. The van der Waals surface area contributed by atoms with Gasteiger partial charge in [-0.15, -0.1) is 0 Å². The summed E-state index contributed by atoms with van der Waals surface area (Å²) in [5, 5.41) is 1.23. The molecular formula is C14H17N. The Labute approximate surface area is 91.2 Å². The van der Waals surface area contributed by atoms with Crippen LogP contribution in [0.25, 0.3) is 10.9 Å². The van der Waals surface area contributed by atoms with Gasteiger partial charge in [-0.2, -0.15) is 0 Å². The summed E-state index contributed by atoms with van der Waals surface area (Å²) in [6.45, 7) is 6.56. The molecule has 0 fully saturated rings. The molecule has 0 saturated heterocycles. The first-order chi connectivity index (χ1) is 7.15. The van der Waals surface area contributed by atoms with E-state index in [4.69, 9.17) is 0 Å². The molecule has 1 heterocycles. The topological polar surface area (TPSA) is 12.9 Å². The van der Waals surface area contributed by atoms with Crippen LogP contribution >= 0.6 is 0 Å². The molecule has 0 aliphatic rings. The van der Waals surface area contributed by atoms with Crippen molar-refractivity contribution in [1.29, 1.82) is 0 Å². The standard InChI is InChI=1S/C14H17N/c1-10(2)8-13-7-6-12-5-4-11(3)9-14(12)15-13/h4-7,9-10H,8H2,1-3H3. The quantitative estimate of drug-likeness (QED) is 0.718. The summed E-state index contributed by atoms with van der Waals surface area (Å²) in [6.07, 6.45) is 1.06. The summed E-state index contributed by atoms with van der Waals surface area (Å²) in [4.78, 5) is 4.68. The van der Waals surface area contributed by atoms with E-state index in [2.05, 4.69) is 56.1 Å². The van der Waals surface area contributed by atoms with Crippen molar-refractivity contribution >= 4 is 10.9 Å². The Hall–Kier alpha value is -1.37. The lowest BCUT2D eigenvalue weighted by atomic mass is 10.1. The van der Waals surface area contributed by atoms with Gasteiger partial charge in [-0.05, 0) is 37.0 Å². The van der Waals surface area contributed by atoms with Crippen LogP contribution < -0.4 is 0 Å². The van der Waals surface area contributed by atoms with Crippen LogP contribution in [0.4, 0.5) is 0 Å². The van der Waals surface area contributed by atoms with Crippen molar-refractivity contribution in [3.8, 4) is 0 Å². The van der Waals surface area contributed by atoms with Crippen LogP contribution in [0.1, 0.15) is 25.1 Å². The number of fused-ring (bicyclic) bond motifs is 1. The van der Waals surface area contributed by atoms with Crippen LogP contribution in [0.2, 0.25) is 0 Å². The van der Waals surface area contributed by atoms with Crippen LogP contribution in [-0.2, 0) is 6.42 Å². The van der Waals surface area contributed by atoms with E-state index in [0.717, 1.165) is 11.9 Å². The smallest absolute Gasteiger partial charge is 0.0707 e. The second-order valence-electron chi connectivity index (χ2n) is 4.60. The largest absolute Gasteiger partial charge is 0.253 e. The lowest BCUT2D eigenvalue weighted by Crippen LogP contribution is -1.97. The normalized spacial score (nSPS) is 11.2. The van der Waals surface area contributed by atoms with E-state index in [9.17, 15) is 0 Å². The van der Waals surface area contributed by atoms with Gasteiger partial charge in [0.15, 0.2) is 0 Å². The molecule has 0 N–H and O–H groups in total. The highest BCUT2D eigenvalue weighted by atomic mass is 14.7. The molecule has 0 aliphatic carbocycles. The van der Waals surface area contributed by atoms with E-state index in [-0.39, 0.29) is 0 Å². The maximum absolute atomic E-state index is 4.68. The predicted octanol–water partition coefficient (Wildman–Crippen LogP) is 3.74. The van der Waals surface area contributed by atoms with Gasteiger partial charge in [-0.25, -0.2) is 0 Å². The number of hydrogen-bond acceptors (Lipinski definition) is 1. The van der Waals surface area contributed by atoms with Gasteiger partial charge < -0.3 is 0 Å². The minimum atomic E-state index is 0.666. The Morgan fingerprint density at radius 1 is 1.13 bits per heavy atom. The Balaban J connectivity index is 2.45. The van der Waals surface area contributed by atoms with Gasteiger partial charge in [0, 0.05) is 11.1 Å². The fourth-order valence-corrected chi connectivity index (χ4v) is 1.80. The highest BCUT2D eigenvalue weighted by molar-refractivity contribution is 5.79. The molecule has 2 rings (SSSR count). The molecular weight excluding hydrogens is 182 g/mol. The van der Waals surface area contributed by atoms with E-state index in [1.54, 1.807) is 0 Å². The van der Waals surface area contributed by atoms with E-state index >= 15 is 0 Å². The third kappa shape index (κ3) is 2.35. The summed E-state index contributed by atoms with van der Waals surface area (Å²) < 4.78 is 0. The lowest BCUT2D eigenvalue weighted by Gasteiger charge is -2.05. The molecule has 2 aromatic rings. The minimum absolute atomic E-state index is 0.666. The molecule has 1 heteroatoms. The second kappa shape index (κ2) is 4.01. The summed E-state index contributed by atoms with van der Waals surface area (Å²) >= 11 is 0. The summed E-state index contributed by atoms with van der Waals surface area (Å²) in [5.41, 5.74) is 3.59. The highest BCUT2D eigenvalue weighted by Gasteiger charge is 2.01. The molecule has 0 saturated carbocycles. The van der Waals surface area contributed by atoms with Gasteiger partial charge in [0.25, 0.3) is 0 Å². The zero-order valence-corrected chi connectivity index (χ0v) is 9.62. The van der Waals surface area contributed by atoms with Crippen LogP contribution in [0, 0.1) is 12.8 Å². The number of pyridine rings is 1. The van der Waals surface area contributed by atoms with Gasteiger partial charge in [-0.3, -0.25) is 4.98 Å². The number of benzene rings is 1. The molecule has 1 aromatic heterocycles. The third-order valence-corrected chi connectivity index (χ3v) is 2.52. The van der Waals surface area contributed by atoms with Gasteiger partial charge in [0.1, 0.15) is 0 Å². The fourth-order valence-electron chi connectivity index (χ4n) is 1.80. The highest BCUT2D eigenvalue weighted by Crippen LogP contribution is 2.15. The zero-order valence-electron chi connectivity index (χ0n) is 9.62. The monoisotopic (exact) mass is 199 g/mol. The predicted molar refractivity (Wildman–Crippen MR) is 65.0 cm³/mol. The van der Waals surface area contributed by atoms with Crippen LogP contribution in [0.15, 0.2) is 30.3 Å². The van der Waals surface area contributed by atoms with Gasteiger partial charge in [0.05, 0.1) is 5.52 Å². The van der Waals surface area contributed by atoms with Crippen molar-refractivity contribution in [3.63, 3.8) is 0 Å². The van der Waals surface area contributed by atoms with Crippen LogP contribution in [0.5, 0.6) is 0 Å². The molecule has 1 aromatic carbocycles. The van der Waals surface area contributed by atoms with E-state index in [1.165, 1.54) is 16.6 Å². The second-order valence-corrected chi connectivity index (χ2v) is 4.60. The molecule has 0 atom stereocenters. The van der Waals surface area contributed by atoms with E-state index < -0.39 is 0 Å². The van der Waals surface area contributed by atoms with E-state index in [0.29, 0.717) is 5.92 Å². The van der Waals surface area contributed by atoms with Gasteiger partial charge in [0.2, 0.25) is 0 Å². The van der Waals surface area contributed by atoms with Crippen LogP contribution in [0.3, 0.4) is 0 Å². The SMILES string of the molecule is Cc1ccc2ccc(CC(C)C)nc2c1. The maximum Gasteiger partial charge on any atom is 0.0707 e. The molecule has 0 unspecified atom stereocenters. The number of hydrogen-bond donors (Lipinski definition) is 0. The number of rotatable bonds is 2. The molecule has 1 nitrogen and oxygen atoms in total. The number of nitrogens with zero attached hydrogens (tertiary/aromatic N) is 1. The molecule has 15 heavy (non-hydrogen) atoms. The Bertz CT molecular complexity index is 472. The molecule has 0 aliphatic heterocycles. The zero-order chi connectivity index (χ0) is 10.8. The van der Waals surface area contributed by atoms with Crippen molar-refractivity contribution in [3.05, 3.63) is 41.6 Å². The average molecular weight is 199 g/mol. The summed E-state index contributed by atoms with van der Waals surface area (Å²) in [7, 11) is 0. The Morgan fingerprint density at radius 3 is 2.60 bits per heavy atom. The molecule has 0 bridgehead atoms. The molecule has 0 amide bonds. The molecule has 0 spiro atoms. The lowest BCUT2D eigenvalue weighted by molar-refractivity contribution is 0.637. The number of aromatic nitrogens is 1. The minimum Gasteiger partial charge on any atom is -0.253 e. The van der Waals surface area contributed by atoms with Gasteiger partial charge >= 0.3 is 0 Å². The number of aryl methyl sites for hydroxylation is 1. The van der Waals surface area contributed by atoms with Gasteiger partial charge in [-0.1, -0.05) is 32.0 Å². The first kappa shape index (κ1) is 10.2. The molecule has 78 valence electrons. The fraction of sp³-hybridized carbons (Fsp3) is 0.357. The van der Waals surface area contributed by atoms with Crippen molar-refractivity contribution < 1.29 is 0 Å². The van der Waals surface area contributed by atoms with Crippen molar-refractivity contribution in [2.45, 2.75) is 27.2 Å². The van der Waals surface area contributed by atoms with E-state index in [1.807, 2.05) is 0 Å². The van der Waals surface area contributed by atoms with Crippen LogP contribution in [-0.4, -0.2) is 4.98 Å². The summed E-state index contributed by atoms with van der Waals surface area (Å²) in [5.74, 6) is 0.666. The molecule has 0 radical (unpaired) electrons. The average Bonchev–Trinajstić information content (AvgIpc) is 2.16. The third-order valence-electron chi connectivity index (χ3n) is 2.52. The Morgan fingerprint density at radius 2 is 1.87 bits per heavy atom. The summed E-state index contributed by atoms with van der Waals surface area (Å²) in [6, 6.07) is 10.7. The van der Waals surface area contributed by atoms with Crippen molar-refractivity contribution in [2.24, 2.45) is 5.92 Å². The first-order valence-corrected chi connectivity index (χ1v) is 5.51.